The monoisotopic (exact) mass is 273 g/mol. The fourth-order valence-corrected chi connectivity index (χ4v) is 2.38. The SMILES string of the molecule is Cc1cc(Cl)ccc1NC(C)CCc1ccccc1. The van der Waals surface area contributed by atoms with Gasteiger partial charge in [-0.25, -0.2) is 0 Å². The minimum atomic E-state index is 0.445. The van der Waals surface area contributed by atoms with Gasteiger partial charge in [-0.2, -0.15) is 0 Å². The smallest absolute Gasteiger partial charge is 0.0410 e. The van der Waals surface area contributed by atoms with Crippen LogP contribution in [0.4, 0.5) is 5.69 Å². The number of anilines is 1. The Hall–Kier alpha value is -1.47. The molecule has 2 heteroatoms. The Morgan fingerprint density at radius 1 is 1.11 bits per heavy atom. The molecule has 0 spiro atoms. The Balaban J connectivity index is 1.89. The van der Waals surface area contributed by atoms with Crippen molar-refractivity contribution in [2.45, 2.75) is 32.7 Å². The summed E-state index contributed by atoms with van der Waals surface area (Å²) in [6, 6.07) is 17.0. The van der Waals surface area contributed by atoms with Crippen LogP contribution in [0.25, 0.3) is 0 Å². The largest absolute Gasteiger partial charge is 0.382 e. The highest BCUT2D eigenvalue weighted by atomic mass is 35.5. The lowest BCUT2D eigenvalue weighted by molar-refractivity contribution is 0.705. The van der Waals surface area contributed by atoms with Gasteiger partial charge < -0.3 is 5.32 Å². The van der Waals surface area contributed by atoms with Gasteiger partial charge in [0, 0.05) is 16.8 Å². The fraction of sp³-hybridized carbons (Fsp3) is 0.294. The molecule has 0 aliphatic rings. The molecule has 0 saturated heterocycles. The summed E-state index contributed by atoms with van der Waals surface area (Å²) in [4.78, 5) is 0. The summed E-state index contributed by atoms with van der Waals surface area (Å²) in [6.45, 7) is 4.30. The van der Waals surface area contributed by atoms with Crippen molar-refractivity contribution in [3.8, 4) is 0 Å². The van der Waals surface area contributed by atoms with Crippen molar-refractivity contribution in [1.29, 1.82) is 0 Å². The molecule has 1 N–H and O–H groups in total. The number of rotatable bonds is 5. The molecule has 0 fully saturated rings. The maximum atomic E-state index is 5.97. The number of benzene rings is 2. The van der Waals surface area contributed by atoms with E-state index < -0.39 is 0 Å². The predicted molar refractivity (Wildman–Crippen MR) is 84.0 cm³/mol. The van der Waals surface area contributed by atoms with E-state index in [2.05, 4.69) is 55.6 Å². The normalized spacial score (nSPS) is 12.2. The standard InChI is InChI=1S/C17H20ClN/c1-13-12-16(18)10-11-17(13)19-14(2)8-9-15-6-4-3-5-7-15/h3-7,10-12,14,19H,8-9H2,1-2H3. The van der Waals surface area contributed by atoms with Gasteiger partial charge in [0.15, 0.2) is 0 Å². The zero-order valence-corrected chi connectivity index (χ0v) is 12.2. The highest BCUT2D eigenvalue weighted by Gasteiger charge is 2.05. The predicted octanol–water partition coefficient (Wildman–Crippen LogP) is 5.08. The van der Waals surface area contributed by atoms with Crippen LogP contribution in [0.1, 0.15) is 24.5 Å². The van der Waals surface area contributed by atoms with Gasteiger partial charge in [0.25, 0.3) is 0 Å². The fourth-order valence-electron chi connectivity index (χ4n) is 2.15. The molecule has 2 aromatic rings. The van der Waals surface area contributed by atoms with Crippen LogP contribution in [-0.4, -0.2) is 6.04 Å². The number of hydrogen-bond acceptors (Lipinski definition) is 1. The molecule has 1 atom stereocenters. The van der Waals surface area contributed by atoms with Crippen molar-refractivity contribution in [2.24, 2.45) is 0 Å². The molecule has 0 heterocycles. The first-order chi connectivity index (χ1) is 9.15. The summed E-state index contributed by atoms with van der Waals surface area (Å²) < 4.78 is 0. The molecule has 0 aliphatic heterocycles. The van der Waals surface area contributed by atoms with E-state index in [1.165, 1.54) is 16.8 Å². The molecule has 2 rings (SSSR count). The van der Waals surface area contributed by atoms with Crippen molar-refractivity contribution in [2.75, 3.05) is 5.32 Å². The quantitative estimate of drug-likeness (QED) is 0.801. The van der Waals surface area contributed by atoms with Crippen LogP contribution in [0, 0.1) is 6.92 Å². The Labute approximate surface area is 120 Å². The molecule has 1 nitrogen and oxygen atoms in total. The van der Waals surface area contributed by atoms with E-state index in [0.29, 0.717) is 6.04 Å². The van der Waals surface area contributed by atoms with Crippen LogP contribution in [-0.2, 0) is 6.42 Å². The first kappa shape index (κ1) is 14.0. The second-order valence-electron chi connectivity index (χ2n) is 5.03. The van der Waals surface area contributed by atoms with Gasteiger partial charge in [-0.3, -0.25) is 0 Å². The average molecular weight is 274 g/mol. The van der Waals surface area contributed by atoms with Crippen molar-refractivity contribution in [3.05, 3.63) is 64.7 Å². The molecule has 0 amide bonds. The first-order valence-corrected chi connectivity index (χ1v) is 7.09. The van der Waals surface area contributed by atoms with Crippen LogP contribution in [0.3, 0.4) is 0 Å². The Bertz CT molecular complexity index is 522. The van der Waals surface area contributed by atoms with Crippen LogP contribution in [0.5, 0.6) is 0 Å². The van der Waals surface area contributed by atoms with E-state index in [1.54, 1.807) is 0 Å². The highest BCUT2D eigenvalue weighted by Crippen LogP contribution is 2.21. The van der Waals surface area contributed by atoms with Gasteiger partial charge in [-0.05, 0) is 56.0 Å². The van der Waals surface area contributed by atoms with Crippen molar-refractivity contribution < 1.29 is 0 Å². The van der Waals surface area contributed by atoms with Gasteiger partial charge in [-0.15, -0.1) is 0 Å². The van der Waals surface area contributed by atoms with E-state index in [0.717, 1.165) is 17.9 Å². The lowest BCUT2D eigenvalue weighted by Crippen LogP contribution is -2.16. The van der Waals surface area contributed by atoms with Crippen LogP contribution in [0.2, 0.25) is 5.02 Å². The van der Waals surface area contributed by atoms with Gasteiger partial charge in [0.1, 0.15) is 0 Å². The zero-order valence-electron chi connectivity index (χ0n) is 11.5. The minimum Gasteiger partial charge on any atom is -0.382 e. The van der Waals surface area contributed by atoms with Crippen LogP contribution in [0.15, 0.2) is 48.5 Å². The summed E-state index contributed by atoms with van der Waals surface area (Å²) >= 11 is 5.97. The summed E-state index contributed by atoms with van der Waals surface area (Å²) in [6.07, 6.45) is 2.22. The van der Waals surface area contributed by atoms with Crippen LogP contribution < -0.4 is 5.32 Å². The Morgan fingerprint density at radius 3 is 2.53 bits per heavy atom. The Kier molecular flexibility index (Phi) is 4.86. The summed E-state index contributed by atoms with van der Waals surface area (Å²) in [5.41, 5.74) is 3.76. The third-order valence-corrected chi connectivity index (χ3v) is 3.53. The van der Waals surface area contributed by atoms with E-state index in [1.807, 2.05) is 12.1 Å². The number of aryl methyl sites for hydroxylation is 2. The molecule has 19 heavy (non-hydrogen) atoms. The lowest BCUT2D eigenvalue weighted by atomic mass is 10.1. The van der Waals surface area contributed by atoms with E-state index in [4.69, 9.17) is 11.6 Å². The lowest BCUT2D eigenvalue weighted by Gasteiger charge is -2.17. The van der Waals surface area contributed by atoms with Crippen LogP contribution >= 0.6 is 11.6 Å². The van der Waals surface area contributed by atoms with E-state index in [9.17, 15) is 0 Å². The minimum absolute atomic E-state index is 0.445. The van der Waals surface area contributed by atoms with E-state index >= 15 is 0 Å². The maximum absolute atomic E-state index is 5.97. The van der Waals surface area contributed by atoms with Crippen molar-refractivity contribution in [1.82, 2.24) is 0 Å². The molecule has 0 aliphatic carbocycles. The average Bonchev–Trinajstić information content (AvgIpc) is 2.41. The van der Waals surface area contributed by atoms with E-state index in [-0.39, 0.29) is 0 Å². The molecular formula is C17H20ClN. The van der Waals surface area contributed by atoms with Gasteiger partial charge in [0.2, 0.25) is 0 Å². The molecule has 0 aromatic heterocycles. The summed E-state index contributed by atoms with van der Waals surface area (Å²) in [7, 11) is 0. The van der Waals surface area contributed by atoms with Gasteiger partial charge >= 0.3 is 0 Å². The topological polar surface area (TPSA) is 12.0 Å². The third kappa shape index (κ3) is 4.29. The van der Waals surface area contributed by atoms with Crippen molar-refractivity contribution >= 4 is 17.3 Å². The first-order valence-electron chi connectivity index (χ1n) is 6.72. The van der Waals surface area contributed by atoms with Gasteiger partial charge in [0.05, 0.1) is 0 Å². The molecule has 2 aromatic carbocycles. The zero-order chi connectivity index (χ0) is 13.7. The molecular weight excluding hydrogens is 254 g/mol. The summed E-state index contributed by atoms with van der Waals surface area (Å²) in [5, 5.41) is 4.34. The Morgan fingerprint density at radius 2 is 1.84 bits per heavy atom. The second kappa shape index (κ2) is 6.63. The number of nitrogens with one attached hydrogen (secondary N) is 1. The molecule has 0 bridgehead atoms. The molecule has 1 unspecified atom stereocenters. The van der Waals surface area contributed by atoms with Gasteiger partial charge in [-0.1, -0.05) is 41.9 Å². The number of hydrogen-bond donors (Lipinski definition) is 1. The molecule has 0 radical (unpaired) electrons. The third-order valence-electron chi connectivity index (χ3n) is 3.30. The number of halogens is 1. The molecule has 100 valence electrons. The highest BCUT2D eigenvalue weighted by molar-refractivity contribution is 6.30. The molecule has 0 saturated carbocycles. The maximum Gasteiger partial charge on any atom is 0.0410 e. The van der Waals surface area contributed by atoms with Crippen molar-refractivity contribution in [3.63, 3.8) is 0 Å². The second-order valence-corrected chi connectivity index (χ2v) is 5.47. The summed E-state index contributed by atoms with van der Waals surface area (Å²) in [5.74, 6) is 0.